The lowest BCUT2D eigenvalue weighted by atomic mass is 10.2. The van der Waals surface area contributed by atoms with E-state index in [4.69, 9.17) is 0 Å². The van der Waals surface area contributed by atoms with Crippen LogP contribution in [0.5, 0.6) is 0 Å². The lowest BCUT2D eigenvalue weighted by Crippen LogP contribution is -2.31. The highest BCUT2D eigenvalue weighted by Crippen LogP contribution is 2.12. The Bertz CT molecular complexity index is 641. The van der Waals surface area contributed by atoms with E-state index < -0.39 is 11.9 Å². The van der Waals surface area contributed by atoms with Gasteiger partial charge < -0.3 is 5.32 Å². The molecular weight excluding hydrogens is 268 g/mol. The first kappa shape index (κ1) is 14.5. The van der Waals surface area contributed by atoms with Crippen LogP contribution < -0.4 is 5.32 Å². The summed E-state index contributed by atoms with van der Waals surface area (Å²) >= 11 is 0. The fourth-order valence-electron chi connectivity index (χ4n) is 1.59. The summed E-state index contributed by atoms with van der Waals surface area (Å²) in [5.41, 5.74) is 1.08. The van der Waals surface area contributed by atoms with Crippen LogP contribution in [0.2, 0.25) is 0 Å². The van der Waals surface area contributed by atoms with Crippen LogP contribution in [-0.2, 0) is 9.59 Å². The number of hydrogen-bond donors (Lipinski definition) is 1. The number of para-hydroxylation sites is 1. The quantitative estimate of drug-likeness (QED) is 0.676. The van der Waals surface area contributed by atoms with Crippen molar-refractivity contribution in [3.05, 3.63) is 54.9 Å². The van der Waals surface area contributed by atoms with Crippen molar-refractivity contribution in [2.75, 3.05) is 5.32 Å². The van der Waals surface area contributed by atoms with Crippen molar-refractivity contribution in [1.82, 2.24) is 4.98 Å². The fourth-order valence-corrected chi connectivity index (χ4v) is 1.59. The monoisotopic (exact) mass is 282 g/mol. The second kappa shape index (κ2) is 7.04. The van der Waals surface area contributed by atoms with Gasteiger partial charge in [0, 0.05) is 11.9 Å². The van der Waals surface area contributed by atoms with Gasteiger partial charge in [-0.2, -0.15) is 10.2 Å². The molecule has 1 atom stereocenters. The second-order valence-electron chi connectivity index (χ2n) is 4.30. The van der Waals surface area contributed by atoms with Crippen LogP contribution in [0.1, 0.15) is 6.92 Å². The van der Waals surface area contributed by atoms with Gasteiger partial charge in [0.2, 0.25) is 6.04 Å². The van der Waals surface area contributed by atoms with Crippen molar-refractivity contribution in [2.24, 2.45) is 10.2 Å². The van der Waals surface area contributed by atoms with Crippen molar-refractivity contribution in [3.63, 3.8) is 0 Å². The Hall–Kier alpha value is -2.89. The lowest BCUT2D eigenvalue weighted by Gasteiger charge is -2.09. The second-order valence-corrected chi connectivity index (χ2v) is 4.30. The summed E-state index contributed by atoms with van der Waals surface area (Å²) < 4.78 is 0. The van der Waals surface area contributed by atoms with Crippen LogP contribution >= 0.6 is 0 Å². The normalized spacial score (nSPS) is 12.0. The van der Waals surface area contributed by atoms with Crippen LogP contribution in [0.4, 0.5) is 11.4 Å². The Kier molecular flexibility index (Phi) is 4.87. The number of pyridine rings is 1. The molecule has 0 aliphatic heterocycles. The molecule has 1 aromatic carbocycles. The number of anilines is 1. The number of benzene rings is 1. The predicted octanol–water partition coefficient (Wildman–Crippen LogP) is 2.76. The highest BCUT2D eigenvalue weighted by molar-refractivity contribution is 6.10. The number of nitrogens with one attached hydrogen (secondary N) is 1. The van der Waals surface area contributed by atoms with Gasteiger partial charge in [-0.3, -0.25) is 14.6 Å². The number of carbonyl (C=O) groups excluding carboxylic acids is 2. The summed E-state index contributed by atoms with van der Waals surface area (Å²) in [6, 6.07) is 11.1. The van der Waals surface area contributed by atoms with Crippen molar-refractivity contribution < 1.29 is 9.59 Å². The SMILES string of the molecule is CC(=O)C(N=Nc1cccnc1)C(=O)Nc1ccccc1. The number of Topliss-reactive ketones (excluding diaryl/α,β-unsaturated/α-hetero) is 1. The number of aromatic nitrogens is 1. The van der Waals surface area contributed by atoms with Crippen LogP contribution in [-0.4, -0.2) is 22.7 Å². The van der Waals surface area contributed by atoms with Gasteiger partial charge in [0.05, 0.1) is 6.20 Å². The van der Waals surface area contributed by atoms with Gasteiger partial charge in [0.25, 0.3) is 5.91 Å². The largest absolute Gasteiger partial charge is 0.324 e. The Morgan fingerprint density at radius 2 is 1.90 bits per heavy atom. The zero-order valence-electron chi connectivity index (χ0n) is 11.4. The van der Waals surface area contributed by atoms with Gasteiger partial charge >= 0.3 is 0 Å². The number of rotatable bonds is 5. The zero-order valence-corrected chi connectivity index (χ0v) is 11.4. The maximum Gasteiger partial charge on any atom is 0.258 e. The molecule has 1 aromatic heterocycles. The first-order valence-electron chi connectivity index (χ1n) is 6.34. The third kappa shape index (κ3) is 4.31. The number of amides is 1. The zero-order chi connectivity index (χ0) is 15.1. The third-order valence-electron chi connectivity index (χ3n) is 2.61. The molecule has 0 saturated heterocycles. The molecule has 0 spiro atoms. The number of nitrogens with zero attached hydrogens (tertiary/aromatic N) is 3. The molecular formula is C15H14N4O2. The molecule has 6 heteroatoms. The summed E-state index contributed by atoms with van der Waals surface area (Å²) in [6.45, 7) is 1.30. The average molecular weight is 282 g/mol. The lowest BCUT2D eigenvalue weighted by molar-refractivity contribution is -0.126. The van der Waals surface area contributed by atoms with Crippen LogP contribution in [0.15, 0.2) is 65.1 Å². The van der Waals surface area contributed by atoms with E-state index in [2.05, 4.69) is 20.5 Å². The first-order chi connectivity index (χ1) is 10.2. The minimum absolute atomic E-state index is 0.379. The molecule has 1 heterocycles. The molecule has 0 aliphatic rings. The molecule has 6 nitrogen and oxygen atoms in total. The standard InChI is InChI=1S/C15H14N4O2/c1-11(20)14(19-18-13-8-5-9-16-10-13)15(21)17-12-6-3-2-4-7-12/h2-10,14H,1H3,(H,17,21). The Labute approximate surface area is 121 Å². The van der Waals surface area contributed by atoms with E-state index >= 15 is 0 Å². The maximum absolute atomic E-state index is 12.1. The molecule has 1 amide bonds. The van der Waals surface area contributed by atoms with Crippen LogP contribution in [0.3, 0.4) is 0 Å². The fraction of sp³-hybridized carbons (Fsp3) is 0.133. The van der Waals surface area contributed by atoms with Crippen molar-refractivity contribution in [3.8, 4) is 0 Å². The van der Waals surface area contributed by atoms with Crippen LogP contribution in [0.25, 0.3) is 0 Å². The molecule has 2 rings (SSSR count). The van der Waals surface area contributed by atoms with Gasteiger partial charge in [-0.1, -0.05) is 18.2 Å². The molecule has 0 radical (unpaired) electrons. The molecule has 0 fully saturated rings. The molecule has 0 saturated carbocycles. The van der Waals surface area contributed by atoms with Crippen LogP contribution in [0, 0.1) is 0 Å². The van der Waals surface area contributed by atoms with Gasteiger partial charge in [0.1, 0.15) is 5.69 Å². The van der Waals surface area contributed by atoms with E-state index in [9.17, 15) is 9.59 Å². The average Bonchev–Trinajstić information content (AvgIpc) is 2.49. The third-order valence-corrected chi connectivity index (χ3v) is 2.61. The van der Waals surface area contributed by atoms with Gasteiger partial charge in [0.15, 0.2) is 5.78 Å². The van der Waals surface area contributed by atoms with E-state index in [1.165, 1.54) is 13.1 Å². The maximum atomic E-state index is 12.1. The number of carbonyl (C=O) groups is 2. The van der Waals surface area contributed by atoms with Gasteiger partial charge in [-0.05, 0) is 31.2 Å². The summed E-state index contributed by atoms with van der Waals surface area (Å²) in [4.78, 5) is 27.5. The molecule has 0 bridgehead atoms. The van der Waals surface area contributed by atoms with Gasteiger partial charge in [-0.25, -0.2) is 0 Å². The van der Waals surface area contributed by atoms with Crippen molar-refractivity contribution in [2.45, 2.75) is 13.0 Å². The van der Waals surface area contributed by atoms with E-state index in [0.717, 1.165) is 0 Å². The van der Waals surface area contributed by atoms with E-state index in [1.54, 1.807) is 42.6 Å². The van der Waals surface area contributed by atoms with E-state index in [-0.39, 0.29) is 5.78 Å². The van der Waals surface area contributed by atoms with Crippen molar-refractivity contribution >= 4 is 23.1 Å². The summed E-state index contributed by atoms with van der Waals surface area (Å²) in [7, 11) is 0. The first-order valence-corrected chi connectivity index (χ1v) is 6.34. The molecule has 21 heavy (non-hydrogen) atoms. The molecule has 0 aliphatic carbocycles. The minimum Gasteiger partial charge on any atom is -0.324 e. The van der Waals surface area contributed by atoms with E-state index in [1.807, 2.05) is 6.07 Å². The topological polar surface area (TPSA) is 83.8 Å². The Morgan fingerprint density at radius 1 is 1.14 bits per heavy atom. The summed E-state index contributed by atoms with van der Waals surface area (Å²) in [5, 5.41) is 10.3. The summed E-state index contributed by atoms with van der Waals surface area (Å²) in [5.74, 6) is -0.891. The molecule has 2 aromatic rings. The Morgan fingerprint density at radius 3 is 2.52 bits per heavy atom. The number of hydrogen-bond acceptors (Lipinski definition) is 5. The predicted molar refractivity (Wildman–Crippen MR) is 78.3 cm³/mol. The van der Waals surface area contributed by atoms with Gasteiger partial charge in [-0.15, -0.1) is 0 Å². The van der Waals surface area contributed by atoms with E-state index in [0.29, 0.717) is 11.4 Å². The summed E-state index contributed by atoms with van der Waals surface area (Å²) in [6.07, 6.45) is 3.10. The smallest absolute Gasteiger partial charge is 0.258 e. The molecule has 1 N–H and O–H groups in total. The highest BCUT2D eigenvalue weighted by Gasteiger charge is 2.23. The van der Waals surface area contributed by atoms with Crippen molar-refractivity contribution in [1.29, 1.82) is 0 Å². The number of azo groups is 1. The highest BCUT2D eigenvalue weighted by atomic mass is 16.2. The molecule has 1 unspecified atom stereocenters. The molecule has 106 valence electrons. The minimum atomic E-state index is -1.18. The number of ketones is 1. The Balaban J connectivity index is 2.10.